The number of carbonyl (C=O) groups is 3. The molecule has 0 heterocycles. The van der Waals surface area contributed by atoms with Crippen molar-refractivity contribution in [1.82, 2.24) is 10.6 Å². The maximum Gasteiger partial charge on any atom is 0.407 e. The smallest absolute Gasteiger partial charge is 0.407 e. The molecule has 7 heteroatoms. The van der Waals surface area contributed by atoms with Crippen LogP contribution in [0, 0.1) is 23.2 Å². The lowest BCUT2D eigenvalue weighted by Crippen LogP contribution is -2.45. The van der Waals surface area contributed by atoms with Crippen LogP contribution in [0.2, 0.25) is 0 Å². The number of alkyl carbamates (subject to hydrolysis) is 1. The second-order valence-electron chi connectivity index (χ2n) is 10.6. The molecule has 0 aliphatic heterocycles. The van der Waals surface area contributed by atoms with Crippen molar-refractivity contribution in [2.75, 3.05) is 13.2 Å². The first-order chi connectivity index (χ1) is 16.8. The summed E-state index contributed by atoms with van der Waals surface area (Å²) in [6, 6.07) is 16.2. The lowest BCUT2D eigenvalue weighted by atomic mass is 9.94. The summed E-state index contributed by atoms with van der Waals surface area (Å²) >= 11 is 0. The molecule has 184 valence electrons. The Kier molecular flexibility index (Phi) is 6.03. The molecule has 4 atom stereocenters. The van der Waals surface area contributed by atoms with Crippen molar-refractivity contribution in [3.05, 3.63) is 59.7 Å². The lowest BCUT2D eigenvalue weighted by Gasteiger charge is -2.24. The van der Waals surface area contributed by atoms with E-state index in [9.17, 15) is 19.5 Å². The number of hydrogen-bond acceptors (Lipinski definition) is 4. The monoisotopic (exact) mass is 476 g/mol. The van der Waals surface area contributed by atoms with Crippen LogP contribution in [0.1, 0.15) is 50.2 Å². The van der Waals surface area contributed by atoms with Crippen LogP contribution in [-0.4, -0.2) is 42.3 Å². The molecule has 3 N–H and O–H groups in total. The van der Waals surface area contributed by atoms with Crippen LogP contribution in [0.3, 0.4) is 0 Å². The number of nitrogens with one attached hydrogen (secondary N) is 2. The fourth-order valence-corrected chi connectivity index (χ4v) is 6.05. The van der Waals surface area contributed by atoms with Gasteiger partial charge in [-0.25, -0.2) is 4.79 Å². The summed E-state index contributed by atoms with van der Waals surface area (Å²) in [7, 11) is 0. The summed E-state index contributed by atoms with van der Waals surface area (Å²) < 4.78 is 5.60. The Morgan fingerprint density at radius 1 is 1.03 bits per heavy atom. The molecule has 0 radical (unpaired) electrons. The van der Waals surface area contributed by atoms with Crippen LogP contribution in [0.4, 0.5) is 4.79 Å². The number of aliphatic carboxylic acids is 1. The van der Waals surface area contributed by atoms with Crippen LogP contribution in [0.25, 0.3) is 11.1 Å². The average Bonchev–Trinajstić information content (AvgIpc) is 3.26. The number of fused-ring (bicyclic) bond motifs is 4. The van der Waals surface area contributed by atoms with Gasteiger partial charge in [0.15, 0.2) is 0 Å². The number of ether oxygens (including phenoxy) is 1. The van der Waals surface area contributed by atoms with Crippen molar-refractivity contribution in [1.29, 1.82) is 0 Å². The van der Waals surface area contributed by atoms with Gasteiger partial charge in [-0.15, -0.1) is 0 Å². The number of carbonyl (C=O) groups excluding carboxylic acids is 2. The molecule has 35 heavy (non-hydrogen) atoms. The fraction of sp³-hybridized carbons (Fsp3) is 0.464. The second kappa shape index (κ2) is 9.02. The molecule has 0 aromatic heterocycles. The highest BCUT2D eigenvalue weighted by Crippen LogP contribution is 2.63. The quantitative estimate of drug-likeness (QED) is 0.531. The van der Waals surface area contributed by atoms with E-state index in [1.54, 1.807) is 0 Å². The molecule has 2 aromatic carbocycles. The first kappa shape index (κ1) is 23.4. The number of amides is 2. The van der Waals surface area contributed by atoms with Gasteiger partial charge >= 0.3 is 12.1 Å². The van der Waals surface area contributed by atoms with Crippen LogP contribution in [-0.2, 0) is 14.3 Å². The molecule has 2 aromatic rings. The molecular formula is C28H32N2O5. The third-order valence-electron chi connectivity index (χ3n) is 8.14. The normalized spacial score (nSPS) is 24.8. The number of rotatable bonds is 8. The van der Waals surface area contributed by atoms with Gasteiger partial charge in [-0.2, -0.15) is 0 Å². The Balaban J connectivity index is 1.14. The third-order valence-corrected chi connectivity index (χ3v) is 8.14. The van der Waals surface area contributed by atoms with Gasteiger partial charge in [0, 0.05) is 18.5 Å². The van der Waals surface area contributed by atoms with Crippen molar-refractivity contribution < 1.29 is 24.2 Å². The molecule has 7 nitrogen and oxygen atoms in total. The van der Waals surface area contributed by atoms with Crippen LogP contribution in [0.15, 0.2) is 48.5 Å². The summed E-state index contributed by atoms with van der Waals surface area (Å²) in [5.74, 6) is -1.17. The molecular weight excluding hydrogens is 444 g/mol. The second-order valence-corrected chi connectivity index (χ2v) is 10.6. The molecule has 0 bridgehead atoms. The van der Waals surface area contributed by atoms with E-state index in [4.69, 9.17) is 4.74 Å². The van der Waals surface area contributed by atoms with E-state index in [1.807, 2.05) is 38.1 Å². The minimum atomic E-state index is -0.753. The highest BCUT2D eigenvalue weighted by molar-refractivity contribution is 5.82. The molecule has 3 aliphatic carbocycles. The summed E-state index contributed by atoms with van der Waals surface area (Å²) in [6.07, 6.45) is 1.37. The van der Waals surface area contributed by atoms with Gasteiger partial charge in [0.25, 0.3) is 0 Å². The molecule has 2 fully saturated rings. The van der Waals surface area contributed by atoms with Crippen molar-refractivity contribution in [3.63, 3.8) is 0 Å². The zero-order chi connectivity index (χ0) is 24.7. The molecule has 5 rings (SSSR count). The zero-order valence-corrected chi connectivity index (χ0v) is 20.1. The van der Waals surface area contributed by atoms with Gasteiger partial charge in [-0.1, -0.05) is 62.4 Å². The molecule has 2 saturated carbocycles. The van der Waals surface area contributed by atoms with Gasteiger partial charge in [-0.05, 0) is 53.4 Å². The van der Waals surface area contributed by atoms with E-state index in [-0.39, 0.29) is 42.9 Å². The largest absolute Gasteiger partial charge is 0.481 e. The Hall–Kier alpha value is -3.35. The van der Waals surface area contributed by atoms with E-state index in [0.717, 1.165) is 11.1 Å². The predicted molar refractivity (Wildman–Crippen MR) is 131 cm³/mol. The van der Waals surface area contributed by atoms with Gasteiger partial charge in [0.05, 0.1) is 11.3 Å². The summed E-state index contributed by atoms with van der Waals surface area (Å²) in [5, 5.41) is 15.3. The molecule has 3 aliphatic rings. The number of hydrogen-bond donors (Lipinski definition) is 3. The Morgan fingerprint density at radius 3 is 2.23 bits per heavy atom. The minimum Gasteiger partial charge on any atom is -0.481 e. The minimum absolute atomic E-state index is 0.00765. The Labute approximate surface area is 205 Å². The Morgan fingerprint density at radius 2 is 1.66 bits per heavy atom. The first-order valence-electron chi connectivity index (χ1n) is 12.4. The topological polar surface area (TPSA) is 105 Å². The van der Waals surface area contributed by atoms with Crippen molar-refractivity contribution in [2.45, 2.75) is 45.1 Å². The van der Waals surface area contributed by atoms with Crippen LogP contribution in [0.5, 0.6) is 0 Å². The number of benzene rings is 2. The average molecular weight is 477 g/mol. The van der Waals surface area contributed by atoms with E-state index in [0.29, 0.717) is 19.3 Å². The zero-order valence-electron chi connectivity index (χ0n) is 20.1. The summed E-state index contributed by atoms with van der Waals surface area (Å²) in [6.45, 7) is 4.27. The Bertz CT molecular complexity index is 1120. The highest BCUT2D eigenvalue weighted by atomic mass is 16.5. The van der Waals surface area contributed by atoms with Crippen molar-refractivity contribution >= 4 is 18.0 Å². The van der Waals surface area contributed by atoms with E-state index >= 15 is 0 Å². The standard InChI is InChI=1S/C28H32N2O5/c1-16(2)23(25(31)30-18-11-17-12-28(17,13-18)26(32)33)14-29-27(34)35-15-24-21-9-5-3-7-19(21)20-8-4-6-10-22(20)24/h3-10,16-18,23-24H,11-15H2,1-2H3,(H,29,34)(H,30,31)(H,32,33)/t17-,18+,23?,28+/m0/s1. The molecule has 0 saturated heterocycles. The first-order valence-corrected chi connectivity index (χ1v) is 12.4. The van der Waals surface area contributed by atoms with Crippen molar-refractivity contribution in [3.8, 4) is 11.1 Å². The van der Waals surface area contributed by atoms with E-state index in [1.165, 1.54) is 11.1 Å². The van der Waals surface area contributed by atoms with Gasteiger partial charge in [-0.3, -0.25) is 9.59 Å². The number of carboxylic acid groups (broad SMARTS) is 1. The highest BCUT2D eigenvalue weighted by Gasteiger charge is 2.65. The fourth-order valence-electron chi connectivity index (χ4n) is 6.05. The number of carboxylic acids is 1. The SMILES string of the molecule is CC(C)C(CNC(=O)OCC1c2ccccc2-c2ccccc21)C(=O)N[C@@H]1C[C@H]2C[C@@]2(C(=O)O)C1. The van der Waals surface area contributed by atoms with E-state index in [2.05, 4.69) is 34.9 Å². The molecule has 0 spiro atoms. The maximum absolute atomic E-state index is 12.9. The van der Waals surface area contributed by atoms with Gasteiger partial charge in [0.2, 0.25) is 5.91 Å². The molecule has 1 unspecified atom stereocenters. The predicted octanol–water partition coefficient (Wildman–Crippen LogP) is 4.17. The maximum atomic E-state index is 12.9. The van der Waals surface area contributed by atoms with Crippen molar-refractivity contribution in [2.24, 2.45) is 23.2 Å². The van der Waals surface area contributed by atoms with Gasteiger partial charge in [0.1, 0.15) is 6.61 Å². The van der Waals surface area contributed by atoms with Crippen LogP contribution >= 0.6 is 0 Å². The van der Waals surface area contributed by atoms with E-state index < -0.39 is 23.4 Å². The summed E-state index contributed by atoms with van der Waals surface area (Å²) in [4.78, 5) is 37.0. The summed E-state index contributed by atoms with van der Waals surface area (Å²) in [5.41, 5.74) is 4.00. The lowest BCUT2D eigenvalue weighted by molar-refractivity contribution is -0.144. The van der Waals surface area contributed by atoms with Gasteiger partial charge < -0.3 is 20.5 Å². The van der Waals surface area contributed by atoms with Crippen LogP contribution < -0.4 is 10.6 Å². The third kappa shape index (κ3) is 4.28. The molecule has 2 amide bonds.